The summed E-state index contributed by atoms with van der Waals surface area (Å²) in [5.41, 5.74) is 2.30. The van der Waals surface area contributed by atoms with Gasteiger partial charge in [-0.15, -0.1) is 0 Å². The van der Waals surface area contributed by atoms with Crippen molar-refractivity contribution in [2.45, 2.75) is 12.8 Å². The molecule has 0 fully saturated rings. The standard InChI is InChI=1S/C14H12O2S/c1-10(8-15)11-2-4-12(5-3-11)14(16)13-6-7-17-9-13/h2-10H,1H3. The van der Waals surface area contributed by atoms with Crippen molar-refractivity contribution < 1.29 is 9.59 Å². The van der Waals surface area contributed by atoms with E-state index < -0.39 is 0 Å². The van der Waals surface area contributed by atoms with Crippen molar-refractivity contribution in [2.24, 2.45) is 0 Å². The zero-order valence-electron chi connectivity index (χ0n) is 9.42. The summed E-state index contributed by atoms with van der Waals surface area (Å²) in [5.74, 6) is -0.100. The van der Waals surface area contributed by atoms with E-state index in [0.29, 0.717) is 11.1 Å². The minimum atomic E-state index is -0.125. The van der Waals surface area contributed by atoms with E-state index in [1.54, 1.807) is 12.1 Å². The Labute approximate surface area is 104 Å². The maximum absolute atomic E-state index is 12.0. The molecule has 0 saturated carbocycles. The van der Waals surface area contributed by atoms with Crippen LogP contribution in [-0.2, 0) is 4.79 Å². The van der Waals surface area contributed by atoms with Crippen molar-refractivity contribution in [3.8, 4) is 0 Å². The Kier molecular flexibility index (Phi) is 3.49. The molecule has 2 nitrogen and oxygen atoms in total. The molecule has 0 N–H and O–H groups in total. The van der Waals surface area contributed by atoms with Gasteiger partial charge < -0.3 is 4.79 Å². The van der Waals surface area contributed by atoms with Crippen LogP contribution >= 0.6 is 11.3 Å². The van der Waals surface area contributed by atoms with Crippen molar-refractivity contribution in [1.82, 2.24) is 0 Å². The molecule has 0 amide bonds. The normalized spacial score (nSPS) is 12.1. The van der Waals surface area contributed by atoms with Gasteiger partial charge in [0.05, 0.1) is 0 Å². The first-order valence-electron chi connectivity index (χ1n) is 5.34. The molecule has 1 heterocycles. The Balaban J connectivity index is 2.24. The number of thiophene rings is 1. The molecule has 0 aliphatic heterocycles. The average Bonchev–Trinajstić information content (AvgIpc) is 2.91. The molecule has 1 unspecified atom stereocenters. The Morgan fingerprint density at radius 2 is 1.88 bits per heavy atom. The summed E-state index contributed by atoms with van der Waals surface area (Å²) in [6.45, 7) is 1.84. The van der Waals surface area contributed by atoms with E-state index in [2.05, 4.69) is 0 Å². The lowest BCUT2D eigenvalue weighted by Crippen LogP contribution is -2.00. The number of ketones is 1. The molecule has 1 aromatic heterocycles. The molecule has 0 saturated heterocycles. The van der Waals surface area contributed by atoms with E-state index in [0.717, 1.165) is 11.8 Å². The van der Waals surface area contributed by atoms with Crippen LogP contribution in [0, 0.1) is 0 Å². The fourth-order valence-corrected chi connectivity index (χ4v) is 2.21. The van der Waals surface area contributed by atoms with Gasteiger partial charge in [0.1, 0.15) is 6.29 Å². The van der Waals surface area contributed by atoms with Crippen LogP contribution in [0.1, 0.15) is 34.3 Å². The lowest BCUT2D eigenvalue weighted by Gasteiger charge is -2.04. The zero-order chi connectivity index (χ0) is 12.3. The molecule has 0 bridgehead atoms. The monoisotopic (exact) mass is 244 g/mol. The molecule has 0 aliphatic rings. The quantitative estimate of drug-likeness (QED) is 0.611. The van der Waals surface area contributed by atoms with Crippen molar-refractivity contribution in [3.63, 3.8) is 0 Å². The van der Waals surface area contributed by atoms with Gasteiger partial charge in [0, 0.05) is 22.4 Å². The number of hydrogen-bond acceptors (Lipinski definition) is 3. The van der Waals surface area contributed by atoms with E-state index in [4.69, 9.17) is 0 Å². The van der Waals surface area contributed by atoms with Crippen molar-refractivity contribution in [3.05, 3.63) is 57.8 Å². The second kappa shape index (κ2) is 5.06. The van der Waals surface area contributed by atoms with Crippen molar-refractivity contribution in [2.75, 3.05) is 0 Å². The fraction of sp³-hybridized carbons (Fsp3) is 0.143. The SMILES string of the molecule is CC(C=O)c1ccc(C(=O)c2ccsc2)cc1. The summed E-state index contributed by atoms with van der Waals surface area (Å²) in [6, 6.07) is 9.02. The average molecular weight is 244 g/mol. The maximum Gasteiger partial charge on any atom is 0.193 e. The van der Waals surface area contributed by atoms with Gasteiger partial charge in [0.2, 0.25) is 0 Å². The first-order chi connectivity index (χ1) is 8.22. The third-order valence-corrected chi connectivity index (χ3v) is 3.37. The van der Waals surface area contributed by atoms with Gasteiger partial charge in [-0.05, 0) is 17.0 Å². The van der Waals surface area contributed by atoms with Crippen molar-refractivity contribution >= 4 is 23.4 Å². The van der Waals surface area contributed by atoms with E-state index in [1.807, 2.05) is 35.9 Å². The van der Waals surface area contributed by atoms with Crippen LogP contribution in [0.2, 0.25) is 0 Å². The highest BCUT2D eigenvalue weighted by atomic mass is 32.1. The van der Waals surface area contributed by atoms with E-state index >= 15 is 0 Å². The second-order valence-electron chi connectivity index (χ2n) is 3.89. The Hall–Kier alpha value is -1.74. The molecular weight excluding hydrogens is 232 g/mol. The molecule has 86 valence electrons. The van der Waals surface area contributed by atoms with Gasteiger partial charge in [-0.25, -0.2) is 0 Å². The molecule has 2 rings (SSSR count). The van der Waals surface area contributed by atoms with Crippen LogP contribution in [0.5, 0.6) is 0 Å². The summed E-state index contributed by atoms with van der Waals surface area (Å²) in [7, 11) is 0. The molecule has 2 aromatic rings. The highest BCUT2D eigenvalue weighted by Crippen LogP contribution is 2.17. The lowest BCUT2D eigenvalue weighted by atomic mass is 9.99. The highest BCUT2D eigenvalue weighted by molar-refractivity contribution is 7.08. The van der Waals surface area contributed by atoms with E-state index in [1.165, 1.54) is 11.3 Å². The van der Waals surface area contributed by atoms with Gasteiger partial charge in [-0.2, -0.15) is 11.3 Å². The number of aldehydes is 1. The number of benzene rings is 1. The van der Waals surface area contributed by atoms with Gasteiger partial charge in [0.15, 0.2) is 5.78 Å². The van der Waals surface area contributed by atoms with Gasteiger partial charge in [0.25, 0.3) is 0 Å². The van der Waals surface area contributed by atoms with Crippen LogP contribution < -0.4 is 0 Å². The highest BCUT2D eigenvalue weighted by Gasteiger charge is 2.10. The summed E-state index contributed by atoms with van der Waals surface area (Å²) < 4.78 is 0. The summed E-state index contributed by atoms with van der Waals surface area (Å²) in [5, 5.41) is 3.72. The Morgan fingerprint density at radius 3 is 2.41 bits per heavy atom. The van der Waals surface area contributed by atoms with Crippen LogP contribution in [0.25, 0.3) is 0 Å². The number of carbonyl (C=O) groups excluding carboxylic acids is 2. The van der Waals surface area contributed by atoms with Crippen molar-refractivity contribution in [1.29, 1.82) is 0 Å². The number of hydrogen-bond donors (Lipinski definition) is 0. The molecular formula is C14H12O2S. The third-order valence-electron chi connectivity index (χ3n) is 2.69. The number of carbonyl (C=O) groups is 2. The predicted molar refractivity (Wildman–Crippen MR) is 68.7 cm³/mol. The van der Waals surface area contributed by atoms with E-state index in [-0.39, 0.29) is 11.7 Å². The summed E-state index contributed by atoms with van der Waals surface area (Å²) in [4.78, 5) is 22.6. The molecule has 0 radical (unpaired) electrons. The predicted octanol–water partition coefficient (Wildman–Crippen LogP) is 3.28. The summed E-state index contributed by atoms with van der Waals surface area (Å²) >= 11 is 1.51. The third kappa shape index (κ3) is 2.50. The second-order valence-corrected chi connectivity index (χ2v) is 4.67. The van der Waals surface area contributed by atoms with Crippen LogP contribution in [0.15, 0.2) is 41.1 Å². The largest absolute Gasteiger partial charge is 0.303 e. The Bertz CT molecular complexity index is 512. The van der Waals surface area contributed by atoms with E-state index in [9.17, 15) is 9.59 Å². The van der Waals surface area contributed by atoms with Crippen LogP contribution in [-0.4, -0.2) is 12.1 Å². The minimum absolute atomic E-state index is 0.0246. The lowest BCUT2D eigenvalue weighted by molar-refractivity contribution is -0.108. The first kappa shape index (κ1) is 11.7. The van der Waals surface area contributed by atoms with Crippen LogP contribution in [0.3, 0.4) is 0 Å². The van der Waals surface area contributed by atoms with Gasteiger partial charge in [-0.1, -0.05) is 31.2 Å². The molecule has 0 aliphatic carbocycles. The maximum atomic E-state index is 12.0. The fourth-order valence-electron chi connectivity index (χ4n) is 1.58. The van der Waals surface area contributed by atoms with Gasteiger partial charge in [-0.3, -0.25) is 4.79 Å². The smallest absolute Gasteiger partial charge is 0.193 e. The summed E-state index contributed by atoms with van der Waals surface area (Å²) in [6.07, 6.45) is 0.899. The molecule has 0 spiro atoms. The topological polar surface area (TPSA) is 34.1 Å². The number of rotatable bonds is 4. The molecule has 3 heteroatoms. The van der Waals surface area contributed by atoms with Crippen LogP contribution in [0.4, 0.5) is 0 Å². The first-order valence-corrected chi connectivity index (χ1v) is 6.29. The Morgan fingerprint density at radius 1 is 1.18 bits per heavy atom. The zero-order valence-corrected chi connectivity index (χ0v) is 10.2. The van der Waals surface area contributed by atoms with Gasteiger partial charge >= 0.3 is 0 Å². The minimum Gasteiger partial charge on any atom is -0.303 e. The molecule has 1 aromatic carbocycles. The molecule has 17 heavy (non-hydrogen) atoms. The molecule has 1 atom stereocenters.